The highest BCUT2D eigenvalue weighted by atomic mass is 19.1. The molecule has 2 aromatic heterocycles. The number of fused-ring (bicyclic) bond motifs is 1. The number of pyridine rings is 1. The molecular formula is C15H10FN5. The van der Waals surface area contributed by atoms with Crippen LogP contribution in [0.2, 0.25) is 0 Å². The number of nitrogen functional groups attached to an aromatic ring is 2. The summed E-state index contributed by atoms with van der Waals surface area (Å²) in [4.78, 5) is 12.5. The minimum absolute atomic E-state index is 0.144. The van der Waals surface area contributed by atoms with Gasteiger partial charge in [0.1, 0.15) is 17.5 Å². The van der Waals surface area contributed by atoms with Crippen LogP contribution in [0.5, 0.6) is 0 Å². The minimum Gasteiger partial charge on any atom is -0.384 e. The second-order valence-electron chi connectivity index (χ2n) is 4.40. The van der Waals surface area contributed by atoms with Crippen molar-refractivity contribution in [2.24, 2.45) is 0 Å². The molecule has 4 N–H and O–H groups in total. The van der Waals surface area contributed by atoms with Crippen LogP contribution in [0, 0.1) is 18.2 Å². The Kier molecular flexibility index (Phi) is 2.88. The van der Waals surface area contributed by atoms with Gasteiger partial charge in [0.15, 0.2) is 5.82 Å². The zero-order chi connectivity index (χ0) is 15.0. The smallest absolute Gasteiger partial charge is 0.162 e. The molecule has 5 nitrogen and oxygen atoms in total. The van der Waals surface area contributed by atoms with Gasteiger partial charge >= 0.3 is 0 Å². The largest absolute Gasteiger partial charge is 0.384 e. The SMILES string of the molecule is C#Cc1cc(-c2nc(N)c3cc(N)ncc3n2)ccc1F. The van der Waals surface area contributed by atoms with Gasteiger partial charge < -0.3 is 11.5 Å². The first-order valence-corrected chi connectivity index (χ1v) is 6.04. The van der Waals surface area contributed by atoms with Crippen molar-refractivity contribution in [3.63, 3.8) is 0 Å². The highest BCUT2D eigenvalue weighted by Crippen LogP contribution is 2.24. The van der Waals surface area contributed by atoms with Crippen LogP contribution in [0.25, 0.3) is 22.3 Å². The van der Waals surface area contributed by atoms with Crippen molar-refractivity contribution in [1.82, 2.24) is 15.0 Å². The number of rotatable bonds is 1. The molecule has 21 heavy (non-hydrogen) atoms. The molecule has 0 aliphatic rings. The molecule has 0 spiro atoms. The molecule has 0 saturated heterocycles. The van der Waals surface area contributed by atoms with Gasteiger partial charge in [-0.15, -0.1) is 6.42 Å². The number of hydrogen-bond acceptors (Lipinski definition) is 5. The first kappa shape index (κ1) is 12.8. The third-order valence-corrected chi connectivity index (χ3v) is 3.01. The van der Waals surface area contributed by atoms with E-state index in [4.69, 9.17) is 17.9 Å². The number of anilines is 2. The number of terminal acetylenes is 1. The van der Waals surface area contributed by atoms with E-state index in [-0.39, 0.29) is 11.4 Å². The van der Waals surface area contributed by atoms with E-state index >= 15 is 0 Å². The number of hydrogen-bond donors (Lipinski definition) is 2. The Morgan fingerprint density at radius 2 is 1.95 bits per heavy atom. The highest BCUT2D eigenvalue weighted by Gasteiger charge is 2.10. The van der Waals surface area contributed by atoms with E-state index in [9.17, 15) is 4.39 Å². The van der Waals surface area contributed by atoms with Gasteiger partial charge in [-0.05, 0) is 24.3 Å². The molecule has 0 bridgehead atoms. The molecule has 0 amide bonds. The molecule has 0 aliphatic carbocycles. The van der Waals surface area contributed by atoms with Crippen LogP contribution < -0.4 is 11.5 Å². The minimum atomic E-state index is -0.468. The second kappa shape index (κ2) is 4.72. The first-order chi connectivity index (χ1) is 10.1. The Morgan fingerprint density at radius 3 is 2.71 bits per heavy atom. The fraction of sp³-hybridized carbons (Fsp3) is 0. The van der Waals surface area contributed by atoms with Crippen LogP contribution in [-0.4, -0.2) is 15.0 Å². The van der Waals surface area contributed by atoms with Gasteiger partial charge in [-0.2, -0.15) is 0 Å². The normalized spacial score (nSPS) is 10.5. The van der Waals surface area contributed by atoms with E-state index in [2.05, 4.69) is 20.9 Å². The molecule has 6 heteroatoms. The Labute approximate surface area is 119 Å². The van der Waals surface area contributed by atoms with E-state index in [0.717, 1.165) is 0 Å². The average molecular weight is 279 g/mol. The van der Waals surface area contributed by atoms with Crippen LogP contribution >= 0.6 is 0 Å². The average Bonchev–Trinajstić information content (AvgIpc) is 2.48. The van der Waals surface area contributed by atoms with Crippen LogP contribution in [0.1, 0.15) is 5.56 Å². The number of aromatic nitrogens is 3. The summed E-state index contributed by atoms with van der Waals surface area (Å²) in [7, 11) is 0. The fourth-order valence-corrected chi connectivity index (χ4v) is 1.98. The molecule has 0 aliphatic heterocycles. The molecule has 102 valence electrons. The van der Waals surface area contributed by atoms with Crippen molar-refractivity contribution >= 4 is 22.5 Å². The summed E-state index contributed by atoms with van der Waals surface area (Å²) in [6.07, 6.45) is 6.77. The van der Waals surface area contributed by atoms with Crippen molar-refractivity contribution in [2.75, 3.05) is 11.5 Å². The van der Waals surface area contributed by atoms with Gasteiger partial charge in [-0.3, -0.25) is 0 Å². The lowest BCUT2D eigenvalue weighted by molar-refractivity contribution is 0.624. The molecule has 3 rings (SSSR count). The Bertz CT molecular complexity index is 898. The molecule has 2 heterocycles. The summed E-state index contributed by atoms with van der Waals surface area (Å²) in [5.41, 5.74) is 12.8. The first-order valence-electron chi connectivity index (χ1n) is 6.04. The quantitative estimate of drug-likeness (QED) is 0.665. The summed E-state index contributed by atoms with van der Waals surface area (Å²) < 4.78 is 13.4. The fourth-order valence-electron chi connectivity index (χ4n) is 1.98. The molecular weight excluding hydrogens is 269 g/mol. The molecule has 0 saturated carbocycles. The molecule has 0 fully saturated rings. The van der Waals surface area contributed by atoms with E-state index in [1.165, 1.54) is 18.3 Å². The highest BCUT2D eigenvalue weighted by molar-refractivity contribution is 5.90. The number of nitrogens with two attached hydrogens (primary N) is 2. The third-order valence-electron chi connectivity index (χ3n) is 3.01. The van der Waals surface area contributed by atoms with Crippen molar-refractivity contribution < 1.29 is 4.39 Å². The Morgan fingerprint density at radius 1 is 1.14 bits per heavy atom. The zero-order valence-corrected chi connectivity index (χ0v) is 10.8. The monoisotopic (exact) mass is 279 g/mol. The Balaban J connectivity index is 2.22. The number of nitrogens with zero attached hydrogens (tertiary/aromatic N) is 3. The van der Waals surface area contributed by atoms with Crippen molar-refractivity contribution in [3.05, 3.63) is 41.8 Å². The van der Waals surface area contributed by atoms with Gasteiger partial charge in [0, 0.05) is 10.9 Å². The lowest BCUT2D eigenvalue weighted by Gasteiger charge is -2.06. The summed E-state index contributed by atoms with van der Waals surface area (Å²) in [6, 6.07) is 5.92. The van der Waals surface area contributed by atoms with Gasteiger partial charge in [-0.1, -0.05) is 5.92 Å². The van der Waals surface area contributed by atoms with Crippen LogP contribution in [0.3, 0.4) is 0 Å². The predicted octanol–water partition coefficient (Wildman–Crippen LogP) is 1.98. The Hall–Kier alpha value is -3.20. The molecule has 0 unspecified atom stereocenters. The predicted molar refractivity (Wildman–Crippen MR) is 79.5 cm³/mol. The third kappa shape index (κ3) is 2.21. The van der Waals surface area contributed by atoms with E-state index in [0.29, 0.717) is 28.1 Å². The lowest BCUT2D eigenvalue weighted by atomic mass is 10.1. The summed E-state index contributed by atoms with van der Waals surface area (Å²) >= 11 is 0. The van der Waals surface area contributed by atoms with Gasteiger partial charge in [0.25, 0.3) is 0 Å². The summed E-state index contributed by atoms with van der Waals surface area (Å²) in [6.45, 7) is 0. The molecule has 1 aromatic carbocycles. The molecule has 0 radical (unpaired) electrons. The maximum atomic E-state index is 13.4. The van der Waals surface area contributed by atoms with Crippen molar-refractivity contribution in [2.45, 2.75) is 0 Å². The van der Waals surface area contributed by atoms with Crippen molar-refractivity contribution in [1.29, 1.82) is 0 Å². The number of benzene rings is 1. The standard InChI is InChI=1S/C15H10FN5/c1-2-8-5-9(3-4-11(8)16)15-20-12-7-19-13(17)6-10(12)14(18)21-15/h1,3-7H,(H2,17,19)(H2,18,20,21). The molecule has 3 aromatic rings. The van der Waals surface area contributed by atoms with E-state index < -0.39 is 5.82 Å². The van der Waals surface area contributed by atoms with Crippen molar-refractivity contribution in [3.8, 4) is 23.7 Å². The maximum absolute atomic E-state index is 13.4. The molecule has 0 atom stereocenters. The van der Waals surface area contributed by atoms with Crippen LogP contribution in [-0.2, 0) is 0 Å². The van der Waals surface area contributed by atoms with Gasteiger partial charge in [0.05, 0.1) is 17.3 Å². The van der Waals surface area contributed by atoms with Crippen LogP contribution in [0.4, 0.5) is 16.0 Å². The summed E-state index contributed by atoms with van der Waals surface area (Å²) in [5, 5.41) is 0.616. The topological polar surface area (TPSA) is 90.7 Å². The van der Waals surface area contributed by atoms with Gasteiger partial charge in [-0.25, -0.2) is 19.3 Å². The van der Waals surface area contributed by atoms with E-state index in [1.807, 2.05) is 0 Å². The zero-order valence-electron chi connectivity index (χ0n) is 10.8. The lowest BCUT2D eigenvalue weighted by Crippen LogP contribution is -2.00. The number of halogens is 1. The van der Waals surface area contributed by atoms with E-state index in [1.54, 1.807) is 12.1 Å². The van der Waals surface area contributed by atoms with Gasteiger partial charge in [0.2, 0.25) is 0 Å². The summed E-state index contributed by atoms with van der Waals surface area (Å²) in [5.74, 6) is 2.76. The van der Waals surface area contributed by atoms with Crippen LogP contribution in [0.15, 0.2) is 30.5 Å². The maximum Gasteiger partial charge on any atom is 0.162 e. The second-order valence-corrected chi connectivity index (χ2v) is 4.40.